The summed E-state index contributed by atoms with van der Waals surface area (Å²) in [5.74, 6) is 0. The summed E-state index contributed by atoms with van der Waals surface area (Å²) in [5, 5.41) is 9.44. The van der Waals surface area contributed by atoms with E-state index in [4.69, 9.17) is 0 Å². The van der Waals surface area contributed by atoms with E-state index in [1.54, 1.807) is 13.1 Å². The van der Waals surface area contributed by atoms with Gasteiger partial charge in [0.2, 0.25) is 0 Å². The maximum Gasteiger partial charge on any atom is 0.0931 e. The molecule has 0 amide bonds. The van der Waals surface area contributed by atoms with Gasteiger partial charge in [-0.25, -0.2) is 0 Å². The van der Waals surface area contributed by atoms with Gasteiger partial charge in [0.1, 0.15) is 0 Å². The second-order valence-corrected chi connectivity index (χ2v) is 4.46. The minimum Gasteiger partial charge on any atom is -0.387 e. The van der Waals surface area contributed by atoms with E-state index < -0.39 is 6.10 Å². The predicted octanol–water partition coefficient (Wildman–Crippen LogP) is 3.21. The summed E-state index contributed by atoms with van der Waals surface area (Å²) in [6, 6.07) is 12.1. The maximum atomic E-state index is 9.44. The van der Waals surface area contributed by atoms with E-state index in [2.05, 4.69) is 28.9 Å². The van der Waals surface area contributed by atoms with Crippen molar-refractivity contribution in [2.24, 2.45) is 0 Å². The molecule has 1 heterocycles. The molecular formula is C15H18N2O. The van der Waals surface area contributed by atoms with Crippen LogP contribution in [-0.4, -0.2) is 17.1 Å². The summed E-state index contributed by atoms with van der Waals surface area (Å²) < 4.78 is 0. The third-order valence-corrected chi connectivity index (χ3v) is 3.06. The molecule has 0 aliphatic carbocycles. The molecular weight excluding hydrogens is 224 g/mol. The van der Waals surface area contributed by atoms with Crippen LogP contribution >= 0.6 is 0 Å². The van der Waals surface area contributed by atoms with Gasteiger partial charge in [-0.05, 0) is 37.6 Å². The summed E-state index contributed by atoms with van der Waals surface area (Å²) in [5.41, 5.74) is 4.08. The number of benzene rings is 1. The molecule has 18 heavy (non-hydrogen) atoms. The van der Waals surface area contributed by atoms with Crippen LogP contribution in [0, 0.1) is 6.92 Å². The number of aliphatic hydroxyl groups is 1. The molecule has 2 rings (SSSR count). The number of aliphatic hydroxyl groups excluding tert-OH is 1. The molecule has 3 heteroatoms. The number of nitrogens with zero attached hydrogens (tertiary/aromatic N) is 2. The van der Waals surface area contributed by atoms with E-state index in [-0.39, 0.29) is 0 Å². The van der Waals surface area contributed by atoms with Crippen molar-refractivity contribution in [2.75, 3.05) is 11.9 Å². The SMILES string of the molecule is Cc1ccccc1N(C)c1ccc(C(C)O)nc1. The Kier molecular flexibility index (Phi) is 3.63. The lowest BCUT2D eigenvalue weighted by atomic mass is 10.1. The highest BCUT2D eigenvalue weighted by Gasteiger charge is 2.08. The van der Waals surface area contributed by atoms with Gasteiger partial charge >= 0.3 is 0 Å². The van der Waals surface area contributed by atoms with Crippen LogP contribution in [0.2, 0.25) is 0 Å². The summed E-state index contributed by atoms with van der Waals surface area (Å²) >= 11 is 0. The van der Waals surface area contributed by atoms with E-state index in [1.807, 2.05) is 31.3 Å². The fraction of sp³-hybridized carbons (Fsp3) is 0.267. The number of aromatic nitrogens is 1. The summed E-state index contributed by atoms with van der Waals surface area (Å²) in [6.07, 6.45) is 1.26. The number of para-hydroxylation sites is 1. The molecule has 1 N–H and O–H groups in total. The lowest BCUT2D eigenvalue weighted by Crippen LogP contribution is -2.11. The summed E-state index contributed by atoms with van der Waals surface area (Å²) in [6.45, 7) is 3.80. The largest absolute Gasteiger partial charge is 0.387 e. The number of aryl methyl sites for hydroxylation is 1. The van der Waals surface area contributed by atoms with Crippen LogP contribution in [0.4, 0.5) is 11.4 Å². The van der Waals surface area contributed by atoms with Crippen LogP contribution in [0.5, 0.6) is 0 Å². The van der Waals surface area contributed by atoms with Gasteiger partial charge in [0.05, 0.1) is 23.7 Å². The van der Waals surface area contributed by atoms with Gasteiger partial charge in [-0.1, -0.05) is 18.2 Å². The van der Waals surface area contributed by atoms with Gasteiger partial charge in [-0.3, -0.25) is 4.98 Å². The van der Waals surface area contributed by atoms with Crippen molar-refractivity contribution in [3.63, 3.8) is 0 Å². The van der Waals surface area contributed by atoms with Crippen LogP contribution in [0.25, 0.3) is 0 Å². The van der Waals surface area contributed by atoms with E-state index in [0.29, 0.717) is 5.69 Å². The van der Waals surface area contributed by atoms with Crippen molar-refractivity contribution < 1.29 is 5.11 Å². The standard InChI is InChI=1S/C15H18N2O/c1-11-6-4-5-7-15(11)17(3)13-8-9-14(12(2)18)16-10-13/h4-10,12,18H,1-3H3. The Morgan fingerprint density at radius 1 is 1.17 bits per heavy atom. The Balaban J connectivity index is 2.29. The molecule has 1 atom stereocenters. The third-order valence-electron chi connectivity index (χ3n) is 3.06. The zero-order valence-electron chi connectivity index (χ0n) is 11.0. The van der Waals surface area contributed by atoms with Crippen molar-refractivity contribution in [1.82, 2.24) is 4.98 Å². The highest BCUT2D eigenvalue weighted by Crippen LogP contribution is 2.26. The minimum absolute atomic E-state index is 0.525. The molecule has 0 saturated heterocycles. The van der Waals surface area contributed by atoms with Gasteiger partial charge < -0.3 is 10.0 Å². The Morgan fingerprint density at radius 2 is 1.89 bits per heavy atom. The Morgan fingerprint density at radius 3 is 2.44 bits per heavy atom. The average molecular weight is 242 g/mol. The van der Waals surface area contributed by atoms with Crippen molar-refractivity contribution in [2.45, 2.75) is 20.0 Å². The monoisotopic (exact) mass is 242 g/mol. The first-order valence-electron chi connectivity index (χ1n) is 6.03. The minimum atomic E-state index is -0.525. The van der Waals surface area contributed by atoms with Crippen molar-refractivity contribution in [1.29, 1.82) is 0 Å². The van der Waals surface area contributed by atoms with Crippen LogP contribution in [-0.2, 0) is 0 Å². The topological polar surface area (TPSA) is 36.4 Å². The van der Waals surface area contributed by atoms with Gasteiger partial charge in [0, 0.05) is 12.7 Å². The summed E-state index contributed by atoms with van der Waals surface area (Å²) in [4.78, 5) is 6.35. The molecule has 0 spiro atoms. The highest BCUT2D eigenvalue weighted by atomic mass is 16.3. The van der Waals surface area contributed by atoms with Crippen molar-refractivity contribution in [3.05, 3.63) is 53.9 Å². The van der Waals surface area contributed by atoms with Crippen LogP contribution in [0.1, 0.15) is 24.3 Å². The zero-order valence-corrected chi connectivity index (χ0v) is 11.0. The van der Waals surface area contributed by atoms with Gasteiger partial charge in [-0.2, -0.15) is 0 Å². The first-order valence-corrected chi connectivity index (χ1v) is 6.03. The van der Waals surface area contributed by atoms with Crippen molar-refractivity contribution in [3.8, 4) is 0 Å². The molecule has 0 fully saturated rings. The average Bonchev–Trinajstić information content (AvgIpc) is 2.38. The number of hydrogen-bond donors (Lipinski definition) is 1. The van der Waals surface area contributed by atoms with Crippen LogP contribution < -0.4 is 4.90 Å². The van der Waals surface area contributed by atoms with E-state index in [9.17, 15) is 5.11 Å². The van der Waals surface area contributed by atoms with Crippen molar-refractivity contribution >= 4 is 11.4 Å². The second kappa shape index (κ2) is 5.19. The second-order valence-electron chi connectivity index (χ2n) is 4.46. The molecule has 94 valence electrons. The molecule has 0 aliphatic rings. The summed E-state index contributed by atoms with van der Waals surface area (Å²) in [7, 11) is 2.02. The lowest BCUT2D eigenvalue weighted by molar-refractivity contribution is 0.194. The van der Waals surface area contributed by atoms with Crippen LogP contribution in [0.15, 0.2) is 42.6 Å². The normalized spacial score (nSPS) is 12.2. The Bertz CT molecular complexity index is 520. The maximum absolute atomic E-state index is 9.44. The molecule has 0 aliphatic heterocycles. The Labute approximate surface area is 108 Å². The number of pyridine rings is 1. The first-order chi connectivity index (χ1) is 8.59. The number of rotatable bonds is 3. The van der Waals surface area contributed by atoms with E-state index in [1.165, 1.54) is 5.56 Å². The fourth-order valence-corrected chi connectivity index (χ4v) is 1.92. The van der Waals surface area contributed by atoms with Gasteiger partial charge in [0.15, 0.2) is 0 Å². The molecule has 1 aromatic heterocycles. The van der Waals surface area contributed by atoms with E-state index >= 15 is 0 Å². The lowest BCUT2D eigenvalue weighted by Gasteiger charge is -2.21. The highest BCUT2D eigenvalue weighted by molar-refractivity contribution is 5.64. The smallest absolute Gasteiger partial charge is 0.0931 e. The molecule has 2 aromatic rings. The Hall–Kier alpha value is -1.87. The molecule has 1 unspecified atom stereocenters. The predicted molar refractivity (Wildman–Crippen MR) is 74.1 cm³/mol. The van der Waals surface area contributed by atoms with Crippen LogP contribution in [0.3, 0.4) is 0 Å². The third kappa shape index (κ3) is 2.51. The quantitative estimate of drug-likeness (QED) is 0.897. The fourth-order valence-electron chi connectivity index (χ4n) is 1.92. The van der Waals surface area contributed by atoms with E-state index in [0.717, 1.165) is 11.4 Å². The molecule has 3 nitrogen and oxygen atoms in total. The molecule has 0 radical (unpaired) electrons. The zero-order chi connectivity index (χ0) is 13.1. The molecule has 0 saturated carbocycles. The number of anilines is 2. The first kappa shape index (κ1) is 12.6. The molecule has 0 bridgehead atoms. The van der Waals surface area contributed by atoms with Gasteiger partial charge in [0.25, 0.3) is 0 Å². The van der Waals surface area contributed by atoms with Gasteiger partial charge in [-0.15, -0.1) is 0 Å². The number of hydrogen-bond acceptors (Lipinski definition) is 3. The molecule has 1 aromatic carbocycles.